The number of benzene rings is 7. The van der Waals surface area contributed by atoms with E-state index in [-0.39, 0.29) is 0 Å². The van der Waals surface area contributed by atoms with Crippen molar-refractivity contribution in [3.8, 4) is 50.6 Å². The lowest BCUT2D eigenvalue weighted by molar-refractivity contribution is 0.414. The zero-order valence-electron chi connectivity index (χ0n) is 25.4. The summed E-state index contributed by atoms with van der Waals surface area (Å²) >= 11 is 1.74. The summed E-state index contributed by atoms with van der Waals surface area (Å²) in [5.41, 5.74) is 7.10. The van der Waals surface area contributed by atoms with Gasteiger partial charge < -0.3 is 14.2 Å². The average molecular weight is 605 g/mol. The van der Waals surface area contributed by atoms with Crippen molar-refractivity contribution in [3.05, 3.63) is 140 Å². The Balaban J connectivity index is 1.45. The van der Waals surface area contributed by atoms with E-state index >= 15 is 0 Å². The first-order valence-corrected chi connectivity index (χ1v) is 15.7. The van der Waals surface area contributed by atoms with Crippen LogP contribution in [0.4, 0.5) is 0 Å². The second-order valence-corrected chi connectivity index (χ2v) is 11.9. The molecule has 45 heavy (non-hydrogen) atoms. The van der Waals surface area contributed by atoms with Gasteiger partial charge in [0.05, 0.1) is 21.3 Å². The summed E-state index contributed by atoms with van der Waals surface area (Å²) in [6, 6.07) is 49.3. The highest BCUT2D eigenvalue weighted by molar-refractivity contribution is 7.99. The summed E-state index contributed by atoms with van der Waals surface area (Å²) in [6.45, 7) is 0. The number of methoxy groups -OCH3 is 3. The Bertz CT molecular complexity index is 2100. The van der Waals surface area contributed by atoms with E-state index < -0.39 is 0 Å². The molecule has 0 unspecified atom stereocenters. The Kier molecular flexibility index (Phi) is 7.89. The molecule has 7 rings (SSSR count). The van der Waals surface area contributed by atoms with Crippen molar-refractivity contribution in [1.82, 2.24) is 0 Å². The van der Waals surface area contributed by atoms with Crippen LogP contribution in [0, 0.1) is 0 Å². The van der Waals surface area contributed by atoms with Crippen LogP contribution in [0.1, 0.15) is 0 Å². The summed E-state index contributed by atoms with van der Waals surface area (Å²) in [6.07, 6.45) is 0. The predicted octanol–water partition coefficient (Wildman–Crippen LogP) is 11.2. The lowest BCUT2D eigenvalue weighted by Gasteiger charge is -2.20. The average Bonchev–Trinajstić information content (AvgIpc) is 3.11. The molecule has 0 spiro atoms. The number of ether oxygens (including phenoxy) is 3. The van der Waals surface area contributed by atoms with E-state index in [9.17, 15) is 0 Å². The second-order valence-electron chi connectivity index (χ2n) is 10.8. The van der Waals surface area contributed by atoms with Crippen LogP contribution in [0.25, 0.3) is 54.9 Å². The molecule has 0 saturated heterocycles. The summed E-state index contributed by atoms with van der Waals surface area (Å²) in [5.74, 6) is 2.54. The Morgan fingerprint density at radius 3 is 1.33 bits per heavy atom. The fourth-order valence-corrected chi connectivity index (χ4v) is 6.89. The molecule has 0 aliphatic rings. The molecule has 7 aromatic rings. The van der Waals surface area contributed by atoms with Crippen molar-refractivity contribution in [2.24, 2.45) is 0 Å². The van der Waals surface area contributed by atoms with Gasteiger partial charge in [-0.15, -0.1) is 0 Å². The number of rotatable bonds is 8. The van der Waals surface area contributed by atoms with Crippen LogP contribution in [0.5, 0.6) is 17.2 Å². The van der Waals surface area contributed by atoms with Gasteiger partial charge in [-0.1, -0.05) is 90.6 Å². The summed E-state index contributed by atoms with van der Waals surface area (Å²) in [5, 5.41) is 4.85. The SMILES string of the molecule is COc1ccc(Sc2ccc(-c3cccc4c(-c5ccc(OC)cc5)c5ccccc5c(-c5ccc(OC)cc5)c34)cc2)cc1. The largest absolute Gasteiger partial charge is 0.497 e. The molecule has 4 heteroatoms. The molecule has 0 atom stereocenters. The summed E-state index contributed by atoms with van der Waals surface area (Å²) in [7, 11) is 5.10. The molecule has 0 fully saturated rings. The molecule has 0 aliphatic carbocycles. The third-order valence-corrected chi connectivity index (χ3v) is 9.28. The van der Waals surface area contributed by atoms with E-state index in [0.29, 0.717) is 0 Å². The van der Waals surface area contributed by atoms with Crippen LogP contribution in [0.2, 0.25) is 0 Å². The Hall–Kier alpha value is -5.19. The third kappa shape index (κ3) is 5.50. The maximum absolute atomic E-state index is 5.52. The van der Waals surface area contributed by atoms with Crippen molar-refractivity contribution < 1.29 is 14.2 Å². The van der Waals surface area contributed by atoms with E-state index in [0.717, 1.165) is 28.4 Å². The highest BCUT2D eigenvalue weighted by Gasteiger charge is 2.20. The van der Waals surface area contributed by atoms with Gasteiger partial charge in [0.2, 0.25) is 0 Å². The summed E-state index contributed by atoms with van der Waals surface area (Å²) < 4.78 is 16.3. The van der Waals surface area contributed by atoms with Gasteiger partial charge >= 0.3 is 0 Å². The van der Waals surface area contributed by atoms with Gasteiger partial charge in [-0.3, -0.25) is 0 Å². The monoisotopic (exact) mass is 604 g/mol. The molecular formula is C41H32O3S. The molecule has 7 aromatic carbocycles. The first kappa shape index (κ1) is 28.6. The van der Waals surface area contributed by atoms with Gasteiger partial charge in [0.25, 0.3) is 0 Å². The van der Waals surface area contributed by atoms with E-state index in [1.54, 1.807) is 33.1 Å². The minimum absolute atomic E-state index is 0.840. The minimum atomic E-state index is 0.840. The van der Waals surface area contributed by atoms with Crippen LogP contribution in [0.15, 0.2) is 149 Å². The lowest BCUT2D eigenvalue weighted by atomic mass is 9.83. The third-order valence-electron chi connectivity index (χ3n) is 8.27. The van der Waals surface area contributed by atoms with Gasteiger partial charge in [-0.2, -0.15) is 0 Å². The molecule has 0 aliphatic heterocycles. The molecule has 0 heterocycles. The van der Waals surface area contributed by atoms with E-state index in [1.165, 1.54) is 53.6 Å². The van der Waals surface area contributed by atoms with Crippen molar-refractivity contribution >= 4 is 33.3 Å². The summed E-state index contributed by atoms with van der Waals surface area (Å²) in [4.78, 5) is 2.36. The van der Waals surface area contributed by atoms with Crippen molar-refractivity contribution in [2.75, 3.05) is 21.3 Å². The van der Waals surface area contributed by atoms with Crippen LogP contribution in [-0.2, 0) is 0 Å². The van der Waals surface area contributed by atoms with Gasteiger partial charge in [-0.05, 0) is 116 Å². The van der Waals surface area contributed by atoms with Crippen LogP contribution in [0.3, 0.4) is 0 Å². The Morgan fingerprint density at radius 2 is 0.800 bits per heavy atom. The molecule has 0 bridgehead atoms. The topological polar surface area (TPSA) is 27.7 Å². The molecular weight excluding hydrogens is 573 g/mol. The van der Waals surface area contributed by atoms with Crippen LogP contribution >= 0.6 is 11.8 Å². The van der Waals surface area contributed by atoms with Crippen molar-refractivity contribution in [3.63, 3.8) is 0 Å². The molecule has 0 N–H and O–H groups in total. The highest BCUT2D eigenvalue weighted by Crippen LogP contribution is 2.47. The Morgan fingerprint density at radius 1 is 0.378 bits per heavy atom. The van der Waals surface area contributed by atoms with E-state index in [1.807, 2.05) is 36.4 Å². The zero-order valence-corrected chi connectivity index (χ0v) is 26.2. The number of hydrogen-bond donors (Lipinski definition) is 0. The molecule has 3 nitrogen and oxygen atoms in total. The van der Waals surface area contributed by atoms with E-state index in [4.69, 9.17) is 14.2 Å². The second kappa shape index (κ2) is 12.4. The lowest BCUT2D eigenvalue weighted by Crippen LogP contribution is -1.93. The standard InChI is InChI=1S/C41H32O3S/c1-42-30-17-11-28(12-18-30)39-36-7-4-5-8-37(36)40(29-13-19-31(43-2)20-14-29)41-35(9-6-10-38(39)41)27-15-23-33(24-16-27)45-34-25-21-32(44-3)22-26-34/h4-26H,1-3H3. The molecule has 0 saturated carbocycles. The fourth-order valence-electron chi connectivity index (χ4n) is 6.08. The smallest absolute Gasteiger partial charge is 0.118 e. The van der Waals surface area contributed by atoms with Crippen LogP contribution < -0.4 is 14.2 Å². The molecule has 0 radical (unpaired) electrons. The van der Waals surface area contributed by atoms with Crippen molar-refractivity contribution in [2.45, 2.75) is 9.79 Å². The quantitative estimate of drug-likeness (QED) is 0.161. The maximum atomic E-state index is 5.52. The zero-order chi connectivity index (χ0) is 30.8. The highest BCUT2D eigenvalue weighted by atomic mass is 32.2. The van der Waals surface area contributed by atoms with E-state index in [2.05, 4.69) is 103 Å². The Labute approximate surface area is 268 Å². The van der Waals surface area contributed by atoms with Gasteiger partial charge in [0.1, 0.15) is 17.2 Å². The number of hydrogen-bond acceptors (Lipinski definition) is 4. The first-order valence-electron chi connectivity index (χ1n) is 14.9. The minimum Gasteiger partial charge on any atom is -0.497 e. The van der Waals surface area contributed by atoms with Gasteiger partial charge in [0.15, 0.2) is 0 Å². The maximum Gasteiger partial charge on any atom is 0.118 e. The van der Waals surface area contributed by atoms with Gasteiger partial charge in [0, 0.05) is 9.79 Å². The molecule has 0 amide bonds. The van der Waals surface area contributed by atoms with Crippen molar-refractivity contribution in [1.29, 1.82) is 0 Å². The predicted molar refractivity (Wildman–Crippen MR) is 188 cm³/mol. The molecule has 0 aromatic heterocycles. The fraction of sp³-hybridized carbons (Fsp3) is 0.0732. The first-order chi connectivity index (χ1) is 22.2. The molecule has 220 valence electrons. The normalized spacial score (nSPS) is 11.1. The number of fused-ring (bicyclic) bond motifs is 2. The van der Waals surface area contributed by atoms with Crippen LogP contribution in [-0.4, -0.2) is 21.3 Å². The van der Waals surface area contributed by atoms with Gasteiger partial charge in [-0.25, -0.2) is 0 Å².